The van der Waals surface area contributed by atoms with Crippen molar-refractivity contribution in [3.63, 3.8) is 0 Å². The van der Waals surface area contributed by atoms with E-state index >= 15 is 0 Å². The molecule has 1 aliphatic carbocycles. The normalized spacial score (nSPS) is 14.3. The van der Waals surface area contributed by atoms with Gasteiger partial charge in [0, 0.05) is 17.3 Å². The molecule has 0 bridgehead atoms. The zero-order valence-corrected chi connectivity index (χ0v) is 14.6. The van der Waals surface area contributed by atoms with E-state index in [0.717, 1.165) is 17.5 Å². The average molecular weight is 320 g/mol. The molecule has 0 spiro atoms. The van der Waals surface area contributed by atoms with E-state index in [2.05, 4.69) is 53.5 Å². The molecule has 0 saturated carbocycles. The summed E-state index contributed by atoms with van der Waals surface area (Å²) in [4.78, 5) is 8.83. The lowest BCUT2D eigenvalue weighted by Crippen LogP contribution is -2.06. The molecule has 0 atom stereocenters. The minimum atomic E-state index is 0.329. The number of aromatic nitrogens is 3. The standard InChI is InChI=1S/C20H24N4/c1-12(2)24-13(3)17(18-19(21)22-11-23-20(18)24)16-10-6-8-14-7-4-5-9-15(14)16/h6,8,10-12H,4-5,7,9H2,1-3H3,(H2,21,22,23). The van der Waals surface area contributed by atoms with E-state index in [0.29, 0.717) is 11.9 Å². The minimum absolute atomic E-state index is 0.329. The van der Waals surface area contributed by atoms with Gasteiger partial charge in [0.15, 0.2) is 0 Å². The number of anilines is 1. The van der Waals surface area contributed by atoms with Gasteiger partial charge in [-0.2, -0.15) is 0 Å². The molecule has 24 heavy (non-hydrogen) atoms. The molecule has 1 aliphatic rings. The third kappa shape index (κ3) is 2.13. The average Bonchev–Trinajstić information content (AvgIpc) is 2.88. The summed E-state index contributed by atoms with van der Waals surface area (Å²) < 4.78 is 2.28. The van der Waals surface area contributed by atoms with Gasteiger partial charge in [0.25, 0.3) is 0 Å². The molecule has 0 unspecified atom stereocenters. The van der Waals surface area contributed by atoms with Gasteiger partial charge in [0.1, 0.15) is 17.8 Å². The van der Waals surface area contributed by atoms with Crippen LogP contribution in [0.2, 0.25) is 0 Å². The van der Waals surface area contributed by atoms with Crippen LogP contribution in [-0.4, -0.2) is 14.5 Å². The highest BCUT2D eigenvalue weighted by atomic mass is 15.1. The van der Waals surface area contributed by atoms with Crippen LogP contribution in [0.15, 0.2) is 24.5 Å². The molecule has 2 aromatic heterocycles. The predicted octanol–water partition coefficient (Wildman–Crippen LogP) is 4.45. The largest absolute Gasteiger partial charge is 0.383 e. The first kappa shape index (κ1) is 15.2. The van der Waals surface area contributed by atoms with Gasteiger partial charge in [-0.25, -0.2) is 9.97 Å². The first-order valence-electron chi connectivity index (χ1n) is 8.81. The van der Waals surface area contributed by atoms with E-state index in [-0.39, 0.29) is 0 Å². The van der Waals surface area contributed by atoms with Gasteiger partial charge in [-0.05, 0) is 63.1 Å². The Morgan fingerprint density at radius 3 is 2.71 bits per heavy atom. The molecule has 1 aromatic carbocycles. The highest BCUT2D eigenvalue weighted by molar-refractivity contribution is 6.03. The lowest BCUT2D eigenvalue weighted by atomic mass is 9.85. The van der Waals surface area contributed by atoms with Crippen molar-refractivity contribution in [2.24, 2.45) is 0 Å². The number of benzene rings is 1. The molecule has 2 heterocycles. The van der Waals surface area contributed by atoms with Crippen molar-refractivity contribution in [1.29, 1.82) is 0 Å². The molecule has 4 heteroatoms. The topological polar surface area (TPSA) is 56.7 Å². The Balaban J connectivity index is 2.10. The maximum Gasteiger partial charge on any atom is 0.146 e. The Hall–Kier alpha value is -2.36. The lowest BCUT2D eigenvalue weighted by molar-refractivity contribution is 0.603. The Bertz CT molecular complexity index is 921. The van der Waals surface area contributed by atoms with Crippen LogP contribution in [-0.2, 0) is 12.8 Å². The van der Waals surface area contributed by atoms with E-state index in [1.165, 1.54) is 47.2 Å². The monoisotopic (exact) mass is 320 g/mol. The van der Waals surface area contributed by atoms with Crippen molar-refractivity contribution in [3.8, 4) is 11.1 Å². The SMILES string of the molecule is Cc1c(-c2cccc3c2CCCC3)c2c(N)ncnc2n1C(C)C. The number of aryl methyl sites for hydroxylation is 1. The highest BCUT2D eigenvalue weighted by Gasteiger charge is 2.24. The zero-order valence-electron chi connectivity index (χ0n) is 14.6. The quantitative estimate of drug-likeness (QED) is 0.759. The first-order valence-corrected chi connectivity index (χ1v) is 8.81. The van der Waals surface area contributed by atoms with Crippen molar-refractivity contribution in [2.75, 3.05) is 5.73 Å². The summed E-state index contributed by atoms with van der Waals surface area (Å²) in [7, 11) is 0. The third-order valence-corrected chi connectivity index (χ3v) is 5.24. The van der Waals surface area contributed by atoms with Crippen LogP contribution in [0, 0.1) is 6.92 Å². The van der Waals surface area contributed by atoms with Crippen LogP contribution in [0.3, 0.4) is 0 Å². The summed E-state index contributed by atoms with van der Waals surface area (Å²) in [6.45, 7) is 6.56. The highest BCUT2D eigenvalue weighted by Crippen LogP contribution is 2.41. The smallest absolute Gasteiger partial charge is 0.146 e. The van der Waals surface area contributed by atoms with Crippen LogP contribution >= 0.6 is 0 Å². The summed E-state index contributed by atoms with van der Waals surface area (Å²) in [6.07, 6.45) is 6.44. The van der Waals surface area contributed by atoms with Crippen LogP contribution < -0.4 is 5.73 Å². The fraction of sp³-hybridized carbons (Fsp3) is 0.400. The van der Waals surface area contributed by atoms with Gasteiger partial charge in [0.05, 0.1) is 5.39 Å². The number of fused-ring (bicyclic) bond motifs is 2. The fourth-order valence-electron chi connectivity index (χ4n) is 4.25. The van der Waals surface area contributed by atoms with Gasteiger partial charge < -0.3 is 10.3 Å². The van der Waals surface area contributed by atoms with Crippen molar-refractivity contribution < 1.29 is 0 Å². The second kappa shape index (κ2) is 5.62. The second-order valence-corrected chi connectivity index (χ2v) is 7.03. The van der Waals surface area contributed by atoms with E-state index in [4.69, 9.17) is 5.73 Å². The number of hydrogen-bond acceptors (Lipinski definition) is 3. The van der Waals surface area contributed by atoms with E-state index < -0.39 is 0 Å². The van der Waals surface area contributed by atoms with Gasteiger partial charge in [-0.1, -0.05) is 18.2 Å². The Labute approximate surface area is 142 Å². The van der Waals surface area contributed by atoms with Gasteiger partial charge in [-0.3, -0.25) is 0 Å². The summed E-state index contributed by atoms with van der Waals surface area (Å²) in [5.41, 5.74) is 14.0. The van der Waals surface area contributed by atoms with Crippen LogP contribution in [0.1, 0.15) is 49.6 Å². The van der Waals surface area contributed by atoms with Crippen LogP contribution in [0.5, 0.6) is 0 Å². The number of rotatable bonds is 2. The van der Waals surface area contributed by atoms with E-state index in [1.54, 1.807) is 6.33 Å². The molecule has 0 amide bonds. The summed E-state index contributed by atoms with van der Waals surface area (Å²) >= 11 is 0. The Kier molecular flexibility index (Phi) is 3.56. The first-order chi connectivity index (χ1) is 11.6. The van der Waals surface area contributed by atoms with E-state index in [9.17, 15) is 0 Å². The van der Waals surface area contributed by atoms with Gasteiger partial charge >= 0.3 is 0 Å². The number of hydrogen-bond donors (Lipinski definition) is 1. The molecular formula is C20H24N4. The molecule has 2 N–H and O–H groups in total. The Morgan fingerprint density at radius 1 is 1.12 bits per heavy atom. The number of nitrogens with zero attached hydrogens (tertiary/aromatic N) is 3. The van der Waals surface area contributed by atoms with Crippen molar-refractivity contribution in [3.05, 3.63) is 41.3 Å². The molecular weight excluding hydrogens is 296 g/mol. The van der Waals surface area contributed by atoms with Gasteiger partial charge in [0.2, 0.25) is 0 Å². The minimum Gasteiger partial charge on any atom is -0.383 e. The maximum absolute atomic E-state index is 6.29. The lowest BCUT2D eigenvalue weighted by Gasteiger charge is -2.20. The molecule has 4 nitrogen and oxygen atoms in total. The van der Waals surface area contributed by atoms with Crippen LogP contribution in [0.4, 0.5) is 5.82 Å². The number of nitrogens with two attached hydrogens (primary N) is 1. The van der Waals surface area contributed by atoms with E-state index in [1.807, 2.05) is 0 Å². The van der Waals surface area contributed by atoms with Crippen molar-refractivity contribution in [1.82, 2.24) is 14.5 Å². The molecule has 4 rings (SSSR count). The summed E-state index contributed by atoms with van der Waals surface area (Å²) in [5, 5.41) is 1.00. The number of nitrogen functional groups attached to an aromatic ring is 1. The second-order valence-electron chi connectivity index (χ2n) is 7.03. The van der Waals surface area contributed by atoms with Crippen LogP contribution in [0.25, 0.3) is 22.2 Å². The molecule has 124 valence electrons. The van der Waals surface area contributed by atoms with Gasteiger partial charge in [-0.15, -0.1) is 0 Å². The molecule has 3 aromatic rings. The van der Waals surface area contributed by atoms with Crippen molar-refractivity contribution in [2.45, 2.75) is 52.5 Å². The molecule has 0 aliphatic heterocycles. The molecule has 0 saturated heterocycles. The third-order valence-electron chi connectivity index (χ3n) is 5.24. The molecule has 0 fully saturated rings. The Morgan fingerprint density at radius 2 is 1.92 bits per heavy atom. The predicted molar refractivity (Wildman–Crippen MR) is 99.1 cm³/mol. The fourth-order valence-corrected chi connectivity index (χ4v) is 4.25. The maximum atomic E-state index is 6.29. The summed E-state index contributed by atoms with van der Waals surface area (Å²) in [6, 6.07) is 7.02. The zero-order chi connectivity index (χ0) is 16.8. The molecule has 0 radical (unpaired) electrons. The summed E-state index contributed by atoms with van der Waals surface area (Å²) in [5.74, 6) is 0.575. The van der Waals surface area contributed by atoms with Crippen molar-refractivity contribution >= 4 is 16.9 Å².